The van der Waals surface area contributed by atoms with Crippen LogP contribution in [0.2, 0.25) is 0 Å². The first kappa shape index (κ1) is 36.0. The molecule has 0 spiro atoms. The van der Waals surface area contributed by atoms with E-state index in [-0.39, 0.29) is 66.9 Å². The molecule has 3 aromatic rings. The maximum atomic E-state index is 13.6. The number of hydrogen-bond acceptors (Lipinski definition) is 9. The molecule has 1 aromatic carbocycles. The highest BCUT2D eigenvalue weighted by molar-refractivity contribution is 5.90. The quantitative estimate of drug-likeness (QED) is 0.134. The van der Waals surface area contributed by atoms with Gasteiger partial charge in [-0.25, -0.2) is 19.7 Å². The van der Waals surface area contributed by atoms with Crippen molar-refractivity contribution in [2.24, 2.45) is 0 Å². The van der Waals surface area contributed by atoms with Crippen LogP contribution in [0.5, 0.6) is 5.88 Å². The number of ether oxygens (including phenoxy) is 2. The number of nitrogens with zero attached hydrogens (tertiary/aromatic N) is 4. The minimum atomic E-state index is -5.04. The van der Waals surface area contributed by atoms with Crippen LogP contribution in [0.25, 0.3) is 0 Å². The van der Waals surface area contributed by atoms with Crippen molar-refractivity contribution in [1.82, 2.24) is 15.0 Å². The molecule has 0 aliphatic carbocycles. The summed E-state index contributed by atoms with van der Waals surface area (Å²) in [6.07, 6.45) is -8.93. The number of alkyl halides is 6. The number of fused-ring (bicyclic) bond motifs is 1. The van der Waals surface area contributed by atoms with Crippen molar-refractivity contribution < 1.29 is 50.5 Å². The third kappa shape index (κ3) is 8.74. The fraction of sp³-hybridized carbons (Fsp3) is 0.452. The summed E-state index contributed by atoms with van der Waals surface area (Å²) in [5.41, 5.74) is -2.13. The van der Waals surface area contributed by atoms with E-state index in [0.717, 1.165) is 0 Å². The normalized spacial score (nSPS) is 16.2. The van der Waals surface area contributed by atoms with E-state index >= 15 is 0 Å². The molecule has 1 amide bonds. The Morgan fingerprint density at radius 1 is 1.04 bits per heavy atom. The van der Waals surface area contributed by atoms with Gasteiger partial charge in [-0.15, -0.1) is 0 Å². The van der Waals surface area contributed by atoms with Crippen LogP contribution in [0.4, 0.5) is 48.5 Å². The highest BCUT2D eigenvalue weighted by atomic mass is 19.4. The Bertz CT molecular complexity index is 1590. The maximum absolute atomic E-state index is 13.6. The zero-order valence-corrected chi connectivity index (χ0v) is 26.2. The number of carbonyl (C=O) groups is 2. The minimum absolute atomic E-state index is 0.0101. The average Bonchev–Trinajstić information content (AvgIpc) is 3.02. The molecule has 2 atom stereocenters. The second-order valence-corrected chi connectivity index (χ2v) is 10.9. The largest absolute Gasteiger partial charge is 0.481 e. The molecular formula is C31H34F6N6O5. The summed E-state index contributed by atoms with van der Waals surface area (Å²) in [6, 6.07) is 3.61. The number of aromatic nitrogens is 3. The molecule has 4 rings (SSSR count). The molecule has 0 unspecified atom stereocenters. The number of methoxy groups -OCH3 is 1. The first-order valence-electron chi connectivity index (χ1n) is 15.0. The summed E-state index contributed by atoms with van der Waals surface area (Å²) < 4.78 is 92.1. The Kier molecular flexibility index (Phi) is 11.2. The van der Waals surface area contributed by atoms with E-state index in [4.69, 9.17) is 14.6 Å². The molecule has 1 aliphatic rings. The van der Waals surface area contributed by atoms with Gasteiger partial charge in [-0.05, 0) is 56.0 Å². The lowest BCUT2D eigenvalue weighted by molar-refractivity contribution is -0.143. The second kappa shape index (κ2) is 14.9. The fourth-order valence-electron chi connectivity index (χ4n) is 5.33. The number of carboxylic acid groups (broad SMARTS) is 1. The summed E-state index contributed by atoms with van der Waals surface area (Å²) >= 11 is 0. The zero-order valence-electron chi connectivity index (χ0n) is 26.2. The maximum Gasteiger partial charge on any atom is 0.416 e. The molecule has 48 heavy (non-hydrogen) atoms. The first-order valence-corrected chi connectivity index (χ1v) is 15.0. The van der Waals surface area contributed by atoms with Crippen molar-refractivity contribution in [1.29, 1.82) is 0 Å². The molecule has 0 saturated carbocycles. The molecule has 2 aromatic heterocycles. The van der Waals surface area contributed by atoms with Crippen molar-refractivity contribution in [3.63, 3.8) is 0 Å². The minimum Gasteiger partial charge on any atom is -0.481 e. The van der Waals surface area contributed by atoms with Crippen LogP contribution < -0.4 is 20.3 Å². The van der Waals surface area contributed by atoms with E-state index in [0.29, 0.717) is 36.4 Å². The van der Waals surface area contributed by atoms with Crippen LogP contribution in [0, 0.1) is 0 Å². The number of amides is 1. The summed E-state index contributed by atoms with van der Waals surface area (Å²) in [5, 5.41) is 15.1. The molecule has 11 nitrogen and oxygen atoms in total. The fourth-order valence-corrected chi connectivity index (χ4v) is 5.33. The second-order valence-electron chi connectivity index (χ2n) is 10.9. The highest BCUT2D eigenvalue weighted by Gasteiger charge is 2.39. The molecule has 0 saturated heterocycles. The van der Waals surface area contributed by atoms with Gasteiger partial charge in [0.05, 0.1) is 59.8 Å². The molecule has 3 heterocycles. The van der Waals surface area contributed by atoms with E-state index in [1.165, 1.54) is 18.2 Å². The van der Waals surface area contributed by atoms with E-state index in [2.05, 4.69) is 25.6 Å². The Hall–Kier alpha value is -4.83. The number of rotatable bonds is 12. The van der Waals surface area contributed by atoms with Gasteiger partial charge >= 0.3 is 24.4 Å². The molecular weight excluding hydrogens is 650 g/mol. The molecule has 17 heteroatoms. The molecule has 3 N–H and O–H groups in total. The summed E-state index contributed by atoms with van der Waals surface area (Å²) in [5.74, 6) is -0.794. The number of aliphatic carboxylic acids is 1. The van der Waals surface area contributed by atoms with Crippen molar-refractivity contribution >= 4 is 29.4 Å². The van der Waals surface area contributed by atoms with Crippen molar-refractivity contribution in [3.05, 3.63) is 64.6 Å². The molecule has 0 bridgehead atoms. The van der Waals surface area contributed by atoms with Crippen LogP contribution in [-0.2, 0) is 28.3 Å². The van der Waals surface area contributed by atoms with Crippen LogP contribution in [0.3, 0.4) is 0 Å². The summed E-state index contributed by atoms with van der Waals surface area (Å²) in [4.78, 5) is 38.8. The van der Waals surface area contributed by atoms with Crippen LogP contribution in [-0.4, -0.2) is 58.4 Å². The smallest absolute Gasteiger partial charge is 0.416 e. The van der Waals surface area contributed by atoms with E-state index in [9.17, 15) is 35.9 Å². The van der Waals surface area contributed by atoms with Gasteiger partial charge in [-0.3, -0.25) is 9.69 Å². The van der Waals surface area contributed by atoms with Gasteiger partial charge in [0.25, 0.3) is 0 Å². The lowest BCUT2D eigenvalue weighted by atomic mass is 9.93. The molecule has 260 valence electrons. The van der Waals surface area contributed by atoms with Gasteiger partial charge in [0.15, 0.2) is 0 Å². The van der Waals surface area contributed by atoms with Gasteiger partial charge in [0, 0.05) is 31.5 Å². The molecule has 0 fully saturated rings. The van der Waals surface area contributed by atoms with Crippen LogP contribution in [0.15, 0.2) is 36.5 Å². The predicted octanol–water partition coefficient (Wildman–Crippen LogP) is 7.08. The number of halogens is 6. The number of nitrogens with one attached hydrogen (secondary N) is 2. The molecule has 1 aliphatic heterocycles. The van der Waals surface area contributed by atoms with Gasteiger partial charge in [-0.1, -0.05) is 6.92 Å². The van der Waals surface area contributed by atoms with Crippen molar-refractivity contribution in [2.75, 3.05) is 35.8 Å². The van der Waals surface area contributed by atoms with Gasteiger partial charge < -0.3 is 25.2 Å². The lowest BCUT2D eigenvalue weighted by Crippen LogP contribution is -2.46. The number of pyridine rings is 1. The van der Waals surface area contributed by atoms with Crippen LogP contribution >= 0.6 is 0 Å². The Labute approximate surface area is 271 Å². The van der Waals surface area contributed by atoms with E-state index in [1.54, 1.807) is 19.1 Å². The van der Waals surface area contributed by atoms with E-state index < -0.39 is 48.0 Å². The number of carboxylic acids is 1. The number of benzene rings is 1. The monoisotopic (exact) mass is 684 g/mol. The predicted molar refractivity (Wildman–Crippen MR) is 162 cm³/mol. The van der Waals surface area contributed by atoms with Gasteiger partial charge in [0.2, 0.25) is 11.8 Å². The van der Waals surface area contributed by atoms with Gasteiger partial charge in [0.1, 0.15) is 0 Å². The average molecular weight is 685 g/mol. The summed E-state index contributed by atoms with van der Waals surface area (Å²) in [7, 11) is 1.42. The highest BCUT2D eigenvalue weighted by Crippen LogP contribution is 2.41. The van der Waals surface area contributed by atoms with Crippen molar-refractivity contribution in [3.8, 4) is 5.88 Å². The standard InChI is InChI=1S/C31H34F6N6O5/c1-4-20-15-22(27-24(8-9-25(42-27)47-3)43(20)29(46)48-5-2)41-28-39-16-23(38-10-6-7-26(44)45)21(40-28)13-17-11-18(30(32,33)34)14-19(12-17)31(35,36)37/h8-9,11-12,14,16,20,22,38H,4-7,10,13,15H2,1-3H3,(H,44,45)(H,39,40,41)/t20-,22+/m1/s1. The number of anilines is 3. The third-order valence-electron chi connectivity index (χ3n) is 7.56. The lowest BCUT2D eigenvalue weighted by Gasteiger charge is -2.39. The third-order valence-corrected chi connectivity index (χ3v) is 7.56. The number of hydrogen-bond donors (Lipinski definition) is 3. The Balaban J connectivity index is 1.74. The first-order chi connectivity index (χ1) is 22.6. The SMILES string of the molecule is CCOC(=O)N1c2ccc(OC)nc2[C@@H](Nc2ncc(NCCCC(=O)O)c(Cc3cc(C(F)(F)F)cc(C(F)(F)F)c3)n2)C[C@H]1CC. The van der Waals surface area contributed by atoms with E-state index in [1.807, 2.05) is 6.92 Å². The number of carbonyl (C=O) groups excluding carboxylic acids is 1. The van der Waals surface area contributed by atoms with Crippen molar-refractivity contribution in [2.45, 2.75) is 70.4 Å². The summed E-state index contributed by atoms with van der Waals surface area (Å²) in [6.45, 7) is 3.84. The van der Waals surface area contributed by atoms with Gasteiger partial charge in [-0.2, -0.15) is 26.3 Å². The molecule has 0 radical (unpaired) electrons. The Morgan fingerprint density at radius 3 is 2.31 bits per heavy atom. The van der Waals surface area contributed by atoms with Crippen LogP contribution in [0.1, 0.15) is 73.7 Å². The zero-order chi connectivity index (χ0) is 35.2. The topological polar surface area (TPSA) is 139 Å². The Morgan fingerprint density at radius 2 is 1.73 bits per heavy atom.